The van der Waals surface area contributed by atoms with Crippen molar-refractivity contribution in [3.8, 4) is 6.07 Å². The first-order valence-corrected chi connectivity index (χ1v) is 22.8. The van der Waals surface area contributed by atoms with E-state index in [2.05, 4.69) is 29.4 Å². The predicted molar refractivity (Wildman–Crippen MR) is 223 cm³/mol. The van der Waals surface area contributed by atoms with Gasteiger partial charge in [-0.15, -0.1) is 5.06 Å². The fourth-order valence-electron chi connectivity index (χ4n) is 8.52. The number of unbranched alkanes of at least 4 members (excludes halogenated alkanes) is 2. The molecule has 0 bridgehead atoms. The third-order valence-electron chi connectivity index (χ3n) is 11.9. The molecule has 0 N–H and O–H groups in total. The molecule has 0 aromatic heterocycles. The molecule has 318 valence electrons. The van der Waals surface area contributed by atoms with Crippen LogP contribution in [0.2, 0.25) is 0 Å². The lowest BCUT2D eigenvalue weighted by molar-refractivity contribution is -0.401. The Labute approximate surface area is 352 Å². The molecule has 6 rings (SSSR count). The number of hydrogen-bond acceptors (Lipinski definition) is 11. The van der Waals surface area contributed by atoms with Crippen molar-refractivity contribution < 1.29 is 45.2 Å². The molecule has 16 heteroatoms. The summed E-state index contributed by atoms with van der Waals surface area (Å²) in [5, 5.41) is 11.1. The molecule has 2 aromatic rings. The van der Waals surface area contributed by atoms with Crippen molar-refractivity contribution >= 4 is 55.0 Å². The Balaban J connectivity index is 1.26. The molecule has 2 aromatic carbocycles. The maximum Gasteiger partial charge on any atom is 0.333 e. The van der Waals surface area contributed by atoms with E-state index in [0.717, 1.165) is 45.9 Å². The zero-order valence-electron chi connectivity index (χ0n) is 35.1. The summed E-state index contributed by atoms with van der Waals surface area (Å²) in [5.74, 6) is -1.73. The minimum atomic E-state index is -4.72. The molecule has 3 heterocycles. The van der Waals surface area contributed by atoms with Gasteiger partial charge >= 0.3 is 5.97 Å². The van der Waals surface area contributed by atoms with Crippen molar-refractivity contribution in [2.45, 2.75) is 106 Å². The monoisotopic (exact) mass is 857 g/mol. The molecule has 14 nitrogen and oxygen atoms in total. The lowest BCUT2D eigenvalue weighted by Crippen LogP contribution is -2.32. The SMILES string of the molecule is CN(C)S(=O)(=O)c1ccc2c(c1)C(C)(C)C(/C=C/C1=C(C#N)C(=C\C=C3/N(CCCCCC(=O)ON4C(=O)CCC4=O)c4ccc(S(=O)(=O)[O-])cc4C3(C)C)/CCC1)=[N+]2C. The number of sulfonamides is 1. The van der Waals surface area contributed by atoms with Gasteiger partial charge < -0.3 is 14.3 Å². The molecule has 1 saturated heterocycles. The quantitative estimate of drug-likeness (QED) is 0.0968. The maximum atomic E-state index is 13.0. The van der Waals surface area contributed by atoms with Crippen molar-refractivity contribution in [3.05, 3.63) is 94.2 Å². The summed E-state index contributed by atoms with van der Waals surface area (Å²) < 4.78 is 65.4. The molecule has 0 atom stereocenters. The number of hydroxylamine groups is 2. The molecule has 3 aliphatic heterocycles. The van der Waals surface area contributed by atoms with Gasteiger partial charge in [0.1, 0.15) is 17.2 Å². The van der Waals surface area contributed by atoms with Crippen LogP contribution in [0.1, 0.15) is 96.6 Å². The summed E-state index contributed by atoms with van der Waals surface area (Å²) in [6.07, 6.45) is 11.8. The smallest absolute Gasteiger partial charge is 0.333 e. The van der Waals surface area contributed by atoms with Crippen LogP contribution in [0.25, 0.3) is 0 Å². The van der Waals surface area contributed by atoms with Crippen LogP contribution in [0, 0.1) is 11.3 Å². The van der Waals surface area contributed by atoms with Gasteiger partial charge in [-0.2, -0.15) is 9.84 Å². The molecule has 0 spiro atoms. The van der Waals surface area contributed by atoms with Crippen molar-refractivity contribution in [2.75, 3.05) is 32.6 Å². The van der Waals surface area contributed by atoms with Crippen LogP contribution < -0.4 is 4.90 Å². The molecule has 60 heavy (non-hydrogen) atoms. The van der Waals surface area contributed by atoms with E-state index in [1.165, 1.54) is 30.5 Å². The second-order valence-electron chi connectivity index (χ2n) is 16.7. The van der Waals surface area contributed by atoms with E-state index in [9.17, 15) is 41.0 Å². The van der Waals surface area contributed by atoms with Gasteiger partial charge in [-0.1, -0.05) is 32.4 Å². The lowest BCUT2D eigenvalue weighted by atomic mass is 9.80. The van der Waals surface area contributed by atoms with Crippen LogP contribution in [-0.4, -0.2) is 86.5 Å². The first-order valence-electron chi connectivity index (χ1n) is 20.0. The van der Waals surface area contributed by atoms with Gasteiger partial charge in [-0.25, -0.2) is 25.9 Å². The average molecular weight is 858 g/mol. The van der Waals surface area contributed by atoms with Gasteiger partial charge in [-0.3, -0.25) is 9.59 Å². The largest absolute Gasteiger partial charge is 0.744 e. The van der Waals surface area contributed by atoms with Gasteiger partial charge in [0, 0.05) is 74.4 Å². The van der Waals surface area contributed by atoms with Gasteiger partial charge in [0.25, 0.3) is 11.8 Å². The number of carbonyl (C=O) groups excluding carboxylic acids is 3. The van der Waals surface area contributed by atoms with Gasteiger partial charge in [0.05, 0.1) is 26.8 Å². The number of amides is 2. The van der Waals surface area contributed by atoms with Crippen molar-refractivity contribution in [1.29, 1.82) is 5.26 Å². The van der Waals surface area contributed by atoms with E-state index in [0.29, 0.717) is 54.8 Å². The van der Waals surface area contributed by atoms with E-state index >= 15 is 0 Å². The maximum absolute atomic E-state index is 13.0. The van der Waals surface area contributed by atoms with Gasteiger partial charge in [0.2, 0.25) is 15.7 Å². The zero-order valence-corrected chi connectivity index (χ0v) is 36.7. The van der Waals surface area contributed by atoms with E-state index < -0.39 is 48.8 Å². The number of benzene rings is 2. The van der Waals surface area contributed by atoms with Crippen LogP contribution in [0.3, 0.4) is 0 Å². The topological polar surface area (TPSA) is 188 Å². The summed E-state index contributed by atoms with van der Waals surface area (Å²) in [6.45, 7) is 8.51. The van der Waals surface area contributed by atoms with Crippen LogP contribution in [0.4, 0.5) is 11.4 Å². The Morgan fingerprint density at radius 2 is 1.57 bits per heavy atom. The summed E-state index contributed by atoms with van der Waals surface area (Å²) in [5.41, 5.74) is 6.05. The highest BCUT2D eigenvalue weighted by atomic mass is 32.2. The van der Waals surface area contributed by atoms with E-state index in [1.807, 2.05) is 51.3 Å². The van der Waals surface area contributed by atoms with Crippen LogP contribution in [-0.2, 0) is 50.2 Å². The standard InChI is InChI=1S/C44H51N5O9S2/c1-43(2)34-26-31(59(53,54)46(5)6)17-19-36(34)47(7)38(43)21-15-29-12-11-13-30(33(29)28-45)16-22-39-44(3,4)35-27-32(60(55,56)57)18-20-37(35)48(39)25-10-8-9-14-42(52)58-49-40(50)23-24-41(49)51/h15-22,26-27H,8-14,23-25H2,1-7H3. The Hall–Kier alpha value is -5.21. The van der Waals surface area contributed by atoms with Crippen molar-refractivity contribution in [3.63, 3.8) is 0 Å². The molecule has 0 radical (unpaired) electrons. The number of imide groups is 1. The molecular weight excluding hydrogens is 807 g/mol. The zero-order chi connectivity index (χ0) is 43.9. The fraction of sp³-hybridized carbons (Fsp3) is 0.432. The Morgan fingerprint density at radius 1 is 0.900 bits per heavy atom. The number of hydrogen-bond donors (Lipinski definition) is 0. The highest BCUT2D eigenvalue weighted by Crippen LogP contribution is 2.49. The molecule has 0 saturated carbocycles. The minimum Gasteiger partial charge on any atom is -0.744 e. The summed E-state index contributed by atoms with van der Waals surface area (Å²) in [6, 6.07) is 12.0. The highest BCUT2D eigenvalue weighted by Gasteiger charge is 2.44. The molecule has 4 aliphatic rings. The van der Waals surface area contributed by atoms with Crippen LogP contribution in [0.15, 0.2) is 92.9 Å². The lowest BCUT2D eigenvalue weighted by Gasteiger charge is -2.27. The predicted octanol–water partition coefficient (Wildman–Crippen LogP) is 6.18. The highest BCUT2D eigenvalue weighted by molar-refractivity contribution is 7.89. The number of fused-ring (bicyclic) bond motifs is 2. The first kappa shape index (κ1) is 44.3. The minimum absolute atomic E-state index is 0.0146. The third kappa shape index (κ3) is 8.41. The Kier molecular flexibility index (Phi) is 12.3. The molecular formula is C44H51N5O9S2. The molecule has 0 unspecified atom stereocenters. The summed E-state index contributed by atoms with van der Waals surface area (Å²) in [7, 11) is -3.39. The third-order valence-corrected chi connectivity index (χ3v) is 14.6. The van der Waals surface area contributed by atoms with E-state index in [-0.39, 0.29) is 29.1 Å². The Morgan fingerprint density at radius 3 is 2.22 bits per heavy atom. The Bertz CT molecular complexity index is 2580. The second kappa shape index (κ2) is 16.7. The fourth-order valence-corrected chi connectivity index (χ4v) is 9.95. The molecule has 1 fully saturated rings. The summed E-state index contributed by atoms with van der Waals surface area (Å²) in [4.78, 5) is 43.0. The number of nitrogens with zero attached hydrogens (tertiary/aromatic N) is 5. The van der Waals surface area contributed by atoms with Crippen LogP contribution >= 0.6 is 0 Å². The summed E-state index contributed by atoms with van der Waals surface area (Å²) >= 11 is 0. The first-order chi connectivity index (χ1) is 28.1. The number of carbonyl (C=O) groups is 3. The molecule has 1 aliphatic carbocycles. The normalized spacial score (nSPS) is 20.3. The van der Waals surface area contributed by atoms with E-state index in [1.54, 1.807) is 18.2 Å². The number of anilines is 1. The number of rotatable bonds is 13. The van der Waals surface area contributed by atoms with E-state index in [4.69, 9.17) is 4.84 Å². The number of allylic oxidation sites excluding steroid dienone is 8. The van der Waals surface area contributed by atoms with Crippen molar-refractivity contribution in [1.82, 2.24) is 9.37 Å². The number of nitriles is 1. The van der Waals surface area contributed by atoms with Gasteiger partial charge in [0.15, 0.2) is 5.71 Å². The van der Waals surface area contributed by atoms with Crippen molar-refractivity contribution in [2.24, 2.45) is 0 Å². The molecule has 2 amide bonds. The second-order valence-corrected chi connectivity index (χ2v) is 20.3. The van der Waals surface area contributed by atoms with Crippen LogP contribution in [0.5, 0.6) is 0 Å². The average Bonchev–Trinajstić information content (AvgIpc) is 3.69. The van der Waals surface area contributed by atoms with Gasteiger partial charge in [-0.05, 0) is 99.1 Å².